The molecule has 0 fully saturated rings. The third kappa shape index (κ3) is 1.28. The van der Waals surface area contributed by atoms with Gasteiger partial charge in [0.25, 0.3) is 0 Å². The molecule has 0 bridgehead atoms. The molecular weight excluding hydrogens is 176 g/mol. The Balaban J connectivity index is 2.68. The van der Waals surface area contributed by atoms with Crippen molar-refractivity contribution in [1.29, 1.82) is 0 Å². The Hall–Kier alpha value is -1.09. The average molecular weight is 192 g/mol. The molecule has 0 radical (unpaired) electrons. The molecule has 1 aromatic rings. The largest absolute Gasteiger partial charge is 0.322 e. The smallest absolute Gasteiger partial charge is 0.250 e. The van der Waals surface area contributed by atoms with Gasteiger partial charge in [-0.15, -0.1) is 0 Å². The second kappa shape index (κ2) is 2.95. The number of fused-ring (bicyclic) bond motifs is 1. The van der Waals surface area contributed by atoms with Crippen molar-refractivity contribution in [3.8, 4) is 0 Å². The Morgan fingerprint density at radius 1 is 1.50 bits per heavy atom. The number of nitrogens with two attached hydrogens (primary N) is 1. The fraction of sp³-hybridized carbons (Fsp3) is 0.545. The van der Waals surface area contributed by atoms with Crippen LogP contribution in [-0.2, 0) is 19.0 Å². The highest BCUT2D eigenvalue weighted by molar-refractivity contribution is 5.30. The molecule has 0 saturated heterocycles. The molecule has 1 aliphatic rings. The summed E-state index contributed by atoms with van der Waals surface area (Å²) in [4.78, 5) is 11.4. The van der Waals surface area contributed by atoms with Gasteiger partial charge < -0.3 is 10.3 Å². The van der Waals surface area contributed by atoms with Crippen LogP contribution in [0.5, 0.6) is 0 Å². The van der Waals surface area contributed by atoms with E-state index in [1.807, 2.05) is 20.0 Å². The number of rotatable bonds is 0. The summed E-state index contributed by atoms with van der Waals surface area (Å²) in [7, 11) is 1.82. The van der Waals surface area contributed by atoms with E-state index in [1.165, 1.54) is 0 Å². The van der Waals surface area contributed by atoms with E-state index in [0.717, 1.165) is 30.5 Å². The van der Waals surface area contributed by atoms with Crippen LogP contribution in [0.15, 0.2) is 16.9 Å². The SMILES string of the molecule is Cn1c2c(ccc1=O)C(C)(N)CCC2. The van der Waals surface area contributed by atoms with Crippen LogP contribution < -0.4 is 11.3 Å². The van der Waals surface area contributed by atoms with Gasteiger partial charge in [-0.05, 0) is 37.8 Å². The topological polar surface area (TPSA) is 48.0 Å². The molecule has 2 N–H and O–H groups in total. The summed E-state index contributed by atoms with van der Waals surface area (Å²) >= 11 is 0. The van der Waals surface area contributed by atoms with E-state index < -0.39 is 0 Å². The number of aromatic nitrogens is 1. The van der Waals surface area contributed by atoms with Gasteiger partial charge in [-0.3, -0.25) is 4.79 Å². The van der Waals surface area contributed by atoms with Crippen molar-refractivity contribution in [3.05, 3.63) is 33.7 Å². The van der Waals surface area contributed by atoms with Gasteiger partial charge in [-0.2, -0.15) is 0 Å². The van der Waals surface area contributed by atoms with Crippen LogP contribution in [0.1, 0.15) is 31.0 Å². The maximum atomic E-state index is 11.4. The van der Waals surface area contributed by atoms with E-state index in [0.29, 0.717) is 0 Å². The van der Waals surface area contributed by atoms with Crippen LogP contribution in [-0.4, -0.2) is 4.57 Å². The molecule has 1 aromatic heterocycles. The molecule has 1 atom stereocenters. The number of hydrogen-bond acceptors (Lipinski definition) is 2. The van der Waals surface area contributed by atoms with Crippen molar-refractivity contribution < 1.29 is 0 Å². The van der Waals surface area contributed by atoms with Gasteiger partial charge in [0.05, 0.1) is 0 Å². The van der Waals surface area contributed by atoms with Gasteiger partial charge >= 0.3 is 0 Å². The lowest BCUT2D eigenvalue weighted by atomic mass is 9.81. The van der Waals surface area contributed by atoms with Gasteiger partial charge in [0, 0.05) is 24.3 Å². The molecular formula is C11H16N2O. The van der Waals surface area contributed by atoms with Crippen molar-refractivity contribution in [1.82, 2.24) is 4.57 Å². The zero-order chi connectivity index (χ0) is 10.3. The first-order chi connectivity index (χ1) is 6.52. The summed E-state index contributed by atoms with van der Waals surface area (Å²) in [5.41, 5.74) is 8.22. The average Bonchev–Trinajstić information content (AvgIpc) is 2.11. The summed E-state index contributed by atoms with van der Waals surface area (Å²) in [5, 5.41) is 0. The second-order valence-corrected chi connectivity index (χ2v) is 4.36. The lowest BCUT2D eigenvalue weighted by molar-refractivity contribution is 0.396. The minimum atomic E-state index is -0.265. The minimum Gasteiger partial charge on any atom is -0.322 e. The van der Waals surface area contributed by atoms with Crippen LogP contribution in [0.3, 0.4) is 0 Å². The molecule has 14 heavy (non-hydrogen) atoms. The fourth-order valence-electron chi connectivity index (χ4n) is 2.26. The third-order valence-electron chi connectivity index (χ3n) is 3.16. The van der Waals surface area contributed by atoms with Crippen molar-refractivity contribution in [2.24, 2.45) is 12.8 Å². The molecule has 76 valence electrons. The van der Waals surface area contributed by atoms with E-state index in [1.54, 1.807) is 10.6 Å². The van der Waals surface area contributed by atoms with Crippen LogP contribution in [0.25, 0.3) is 0 Å². The first-order valence-electron chi connectivity index (χ1n) is 5.01. The number of pyridine rings is 1. The Morgan fingerprint density at radius 3 is 2.93 bits per heavy atom. The van der Waals surface area contributed by atoms with Crippen molar-refractivity contribution in [2.75, 3.05) is 0 Å². The highest BCUT2D eigenvalue weighted by atomic mass is 16.1. The lowest BCUT2D eigenvalue weighted by Gasteiger charge is -2.33. The van der Waals surface area contributed by atoms with Gasteiger partial charge in [0.2, 0.25) is 5.56 Å². The first-order valence-corrected chi connectivity index (χ1v) is 5.01. The Morgan fingerprint density at radius 2 is 2.21 bits per heavy atom. The highest BCUT2D eigenvalue weighted by Crippen LogP contribution is 2.31. The summed E-state index contributed by atoms with van der Waals surface area (Å²) in [6.07, 6.45) is 3.03. The highest BCUT2D eigenvalue weighted by Gasteiger charge is 2.28. The third-order valence-corrected chi connectivity index (χ3v) is 3.16. The molecule has 1 aliphatic carbocycles. The zero-order valence-electron chi connectivity index (χ0n) is 8.71. The molecule has 3 heteroatoms. The molecule has 2 rings (SSSR count). The van der Waals surface area contributed by atoms with Gasteiger partial charge in [-0.25, -0.2) is 0 Å². The van der Waals surface area contributed by atoms with E-state index in [2.05, 4.69) is 0 Å². The predicted octanol–water partition coefficient (Wildman–Crippen LogP) is 0.895. The molecule has 0 saturated carbocycles. The van der Waals surface area contributed by atoms with E-state index >= 15 is 0 Å². The van der Waals surface area contributed by atoms with Crippen LogP contribution in [0.2, 0.25) is 0 Å². The van der Waals surface area contributed by atoms with Gasteiger partial charge in [-0.1, -0.05) is 0 Å². The number of hydrogen-bond donors (Lipinski definition) is 1. The lowest BCUT2D eigenvalue weighted by Crippen LogP contribution is -2.39. The summed E-state index contributed by atoms with van der Waals surface area (Å²) in [6.45, 7) is 2.04. The molecule has 0 aliphatic heterocycles. The summed E-state index contributed by atoms with van der Waals surface area (Å²) < 4.78 is 1.72. The van der Waals surface area contributed by atoms with E-state index in [9.17, 15) is 4.79 Å². The maximum Gasteiger partial charge on any atom is 0.250 e. The van der Waals surface area contributed by atoms with Crippen molar-refractivity contribution in [3.63, 3.8) is 0 Å². The van der Waals surface area contributed by atoms with Crippen LogP contribution in [0.4, 0.5) is 0 Å². The fourth-order valence-corrected chi connectivity index (χ4v) is 2.26. The van der Waals surface area contributed by atoms with E-state index in [-0.39, 0.29) is 11.1 Å². The van der Waals surface area contributed by atoms with Crippen molar-refractivity contribution >= 4 is 0 Å². The Bertz CT molecular complexity index is 418. The van der Waals surface area contributed by atoms with E-state index in [4.69, 9.17) is 5.73 Å². The molecule has 3 nitrogen and oxygen atoms in total. The van der Waals surface area contributed by atoms with Gasteiger partial charge in [0.1, 0.15) is 0 Å². The predicted molar refractivity (Wildman–Crippen MR) is 56.2 cm³/mol. The zero-order valence-corrected chi connectivity index (χ0v) is 8.71. The van der Waals surface area contributed by atoms with Crippen LogP contribution >= 0.6 is 0 Å². The minimum absolute atomic E-state index is 0.0569. The Kier molecular flexibility index (Phi) is 2.00. The maximum absolute atomic E-state index is 11.4. The molecule has 0 aromatic carbocycles. The molecule has 1 unspecified atom stereocenters. The van der Waals surface area contributed by atoms with Crippen LogP contribution in [0, 0.1) is 0 Å². The first kappa shape index (κ1) is 9.46. The quantitative estimate of drug-likeness (QED) is 0.663. The normalized spacial score (nSPS) is 25.9. The second-order valence-electron chi connectivity index (χ2n) is 4.36. The summed E-state index contributed by atoms with van der Waals surface area (Å²) in [6, 6.07) is 3.49. The monoisotopic (exact) mass is 192 g/mol. The Labute approximate surface area is 83.5 Å². The van der Waals surface area contributed by atoms with Gasteiger partial charge in [0.15, 0.2) is 0 Å². The number of nitrogens with zero attached hydrogens (tertiary/aromatic N) is 1. The standard InChI is InChI=1S/C11H16N2O/c1-11(12)7-3-4-9-8(11)5-6-10(14)13(9)2/h5-6H,3-4,7,12H2,1-2H3. The summed E-state index contributed by atoms with van der Waals surface area (Å²) in [5.74, 6) is 0. The van der Waals surface area contributed by atoms with Crippen molar-refractivity contribution in [2.45, 2.75) is 31.7 Å². The molecule has 0 amide bonds. The molecule has 1 heterocycles. The molecule has 0 spiro atoms.